The van der Waals surface area contributed by atoms with Crippen LogP contribution in [0.25, 0.3) is 0 Å². The van der Waals surface area contributed by atoms with Crippen LogP contribution < -0.4 is 4.98 Å². The van der Waals surface area contributed by atoms with E-state index < -0.39 is 8.24 Å². The maximum absolute atomic E-state index is 4.02. The molecule has 1 saturated carbocycles. The van der Waals surface area contributed by atoms with Gasteiger partial charge in [0.15, 0.2) is 0 Å². The van der Waals surface area contributed by atoms with E-state index in [0.717, 1.165) is 23.3 Å². The van der Waals surface area contributed by atoms with E-state index in [2.05, 4.69) is 71.8 Å². The fourth-order valence-corrected chi connectivity index (χ4v) is 10.1. The van der Waals surface area contributed by atoms with Gasteiger partial charge < -0.3 is 4.98 Å². The SMILES string of the molecule is CC1=CC2C(CC(C)C2[Si](C)(C)NC(C)(C)C)C(C)=C1. The van der Waals surface area contributed by atoms with E-state index in [0.29, 0.717) is 0 Å². The minimum absolute atomic E-state index is 0.228. The minimum Gasteiger partial charge on any atom is -0.332 e. The summed E-state index contributed by atoms with van der Waals surface area (Å²) in [5, 5.41) is 0. The van der Waals surface area contributed by atoms with Crippen LogP contribution in [0, 0.1) is 17.8 Å². The standard InChI is InChI=1S/C18H33NSi/c1-12-9-13(2)15-11-14(3)17(16(15)10-12)20(7,8)19-18(4,5)6/h9-10,14-17,19H,11H2,1-8H3. The van der Waals surface area contributed by atoms with Crippen LogP contribution in [-0.2, 0) is 0 Å². The Morgan fingerprint density at radius 2 is 1.80 bits per heavy atom. The molecule has 0 amide bonds. The summed E-state index contributed by atoms with van der Waals surface area (Å²) in [5.41, 5.74) is 4.17. The van der Waals surface area contributed by atoms with Crippen molar-refractivity contribution < 1.29 is 0 Å². The molecule has 0 spiro atoms. The molecule has 1 fully saturated rings. The maximum atomic E-state index is 4.02. The lowest BCUT2D eigenvalue weighted by Gasteiger charge is -2.42. The fourth-order valence-electron chi connectivity index (χ4n) is 5.10. The van der Waals surface area contributed by atoms with Crippen molar-refractivity contribution in [1.29, 1.82) is 0 Å². The van der Waals surface area contributed by atoms with E-state index in [9.17, 15) is 0 Å². The van der Waals surface area contributed by atoms with Crippen LogP contribution in [0.15, 0.2) is 23.3 Å². The molecule has 1 nitrogen and oxygen atoms in total. The van der Waals surface area contributed by atoms with E-state index in [-0.39, 0.29) is 5.54 Å². The first kappa shape index (κ1) is 16.0. The molecular weight excluding hydrogens is 258 g/mol. The molecule has 0 aromatic heterocycles. The number of hydrogen-bond acceptors (Lipinski definition) is 1. The second kappa shape index (κ2) is 5.13. The first-order valence-electron chi connectivity index (χ1n) is 8.17. The molecular formula is C18H33NSi. The van der Waals surface area contributed by atoms with E-state index in [1.54, 1.807) is 5.57 Å². The van der Waals surface area contributed by atoms with Crippen molar-refractivity contribution in [3.63, 3.8) is 0 Å². The molecule has 1 N–H and O–H groups in total. The predicted octanol–water partition coefficient (Wildman–Crippen LogP) is 5.13. The molecule has 0 bridgehead atoms. The quantitative estimate of drug-likeness (QED) is 0.696. The lowest BCUT2D eigenvalue weighted by molar-refractivity contribution is 0.471. The third-order valence-electron chi connectivity index (χ3n) is 5.14. The minimum atomic E-state index is -1.46. The van der Waals surface area contributed by atoms with Gasteiger partial charge in [0.1, 0.15) is 8.24 Å². The van der Waals surface area contributed by atoms with Gasteiger partial charge in [-0.3, -0.25) is 0 Å². The second-order valence-electron chi connectivity index (χ2n) is 8.82. The normalized spacial score (nSPS) is 34.6. The van der Waals surface area contributed by atoms with Gasteiger partial charge in [0.05, 0.1) is 0 Å². The molecule has 4 unspecified atom stereocenters. The highest BCUT2D eigenvalue weighted by Gasteiger charge is 2.50. The van der Waals surface area contributed by atoms with Gasteiger partial charge in [0, 0.05) is 5.54 Å². The summed E-state index contributed by atoms with van der Waals surface area (Å²) in [6.07, 6.45) is 6.36. The lowest BCUT2D eigenvalue weighted by atomic mass is 9.83. The molecule has 2 heteroatoms. The first-order valence-corrected chi connectivity index (χ1v) is 11.2. The molecule has 0 aromatic carbocycles. The van der Waals surface area contributed by atoms with E-state index in [1.807, 2.05) is 0 Å². The van der Waals surface area contributed by atoms with E-state index >= 15 is 0 Å². The zero-order valence-electron chi connectivity index (χ0n) is 14.7. The van der Waals surface area contributed by atoms with Crippen molar-refractivity contribution in [3.8, 4) is 0 Å². The molecule has 2 rings (SSSR count). The highest BCUT2D eigenvalue weighted by molar-refractivity contribution is 6.76. The zero-order chi connectivity index (χ0) is 15.3. The van der Waals surface area contributed by atoms with Crippen LogP contribution in [0.5, 0.6) is 0 Å². The van der Waals surface area contributed by atoms with Crippen LogP contribution in [0.3, 0.4) is 0 Å². The van der Waals surface area contributed by atoms with Gasteiger partial charge in [0.2, 0.25) is 0 Å². The summed E-state index contributed by atoms with van der Waals surface area (Å²) in [6.45, 7) is 19.1. The average Bonchev–Trinajstić information content (AvgIpc) is 2.51. The van der Waals surface area contributed by atoms with Gasteiger partial charge in [-0.2, -0.15) is 0 Å². The molecule has 0 heterocycles. The molecule has 20 heavy (non-hydrogen) atoms. The molecule has 2 aliphatic carbocycles. The highest BCUT2D eigenvalue weighted by Crippen LogP contribution is 2.54. The third-order valence-corrected chi connectivity index (χ3v) is 9.16. The molecule has 2 aliphatic rings. The molecule has 0 aliphatic heterocycles. The Morgan fingerprint density at radius 3 is 2.35 bits per heavy atom. The monoisotopic (exact) mass is 291 g/mol. The molecule has 0 saturated heterocycles. The third kappa shape index (κ3) is 3.12. The van der Waals surface area contributed by atoms with Crippen molar-refractivity contribution in [2.45, 2.75) is 72.1 Å². The van der Waals surface area contributed by atoms with Gasteiger partial charge in [-0.25, -0.2) is 0 Å². The van der Waals surface area contributed by atoms with Gasteiger partial charge >= 0.3 is 0 Å². The Morgan fingerprint density at radius 1 is 1.20 bits per heavy atom. The summed E-state index contributed by atoms with van der Waals surface area (Å²) in [6, 6.07) is 0. The van der Waals surface area contributed by atoms with Gasteiger partial charge in [-0.15, -0.1) is 0 Å². The lowest BCUT2D eigenvalue weighted by Crippen LogP contribution is -2.58. The number of allylic oxidation sites excluding steroid dienone is 4. The van der Waals surface area contributed by atoms with Crippen LogP contribution in [-0.4, -0.2) is 13.8 Å². The van der Waals surface area contributed by atoms with Crippen molar-refractivity contribution in [2.24, 2.45) is 17.8 Å². The summed E-state index contributed by atoms with van der Waals surface area (Å²) >= 11 is 0. The van der Waals surface area contributed by atoms with Crippen LogP contribution >= 0.6 is 0 Å². The Kier molecular flexibility index (Phi) is 4.12. The maximum Gasteiger partial charge on any atom is 0.123 e. The highest BCUT2D eigenvalue weighted by atomic mass is 28.3. The second-order valence-corrected chi connectivity index (χ2v) is 13.2. The Labute approximate surface area is 127 Å². The largest absolute Gasteiger partial charge is 0.332 e. The summed E-state index contributed by atoms with van der Waals surface area (Å²) < 4.78 is 0. The molecule has 0 radical (unpaired) electrons. The predicted molar refractivity (Wildman–Crippen MR) is 92.4 cm³/mol. The van der Waals surface area contributed by atoms with Gasteiger partial charge in [-0.1, -0.05) is 43.3 Å². The zero-order valence-corrected chi connectivity index (χ0v) is 15.7. The average molecular weight is 292 g/mol. The fraction of sp³-hybridized carbons (Fsp3) is 0.778. The number of nitrogens with one attached hydrogen (secondary N) is 1. The van der Waals surface area contributed by atoms with Crippen molar-refractivity contribution >= 4 is 8.24 Å². The molecule has 0 aromatic rings. The Bertz CT molecular complexity index is 439. The summed E-state index contributed by atoms with van der Waals surface area (Å²) in [5.74, 6) is 2.41. The van der Waals surface area contributed by atoms with Crippen molar-refractivity contribution in [2.75, 3.05) is 0 Å². The first-order chi connectivity index (χ1) is 9.01. The Hall–Kier alpha value is -0.343. The number of fused-ring (bicyclic) bond motifs is 1. The topological polar surface area (TPSA) is 12.0 Å². The van der Waals surface area contributed by atoms with Crippen LogP contribution in [0.1, 0.15) is 48.0 Å². The number of rotatable bonds is 2. The van der Waals surface area contributed by atoms with Gasteiger partial charge in [0.25, 0.3) is 0 Å². The Balaban J connectivity index is 2.30. The number of hydrogen-bond donors (Lipinski definition) is 1. The van der Waals surface area contributed by atoms with Crippen molar-refractivity contribution in [3.05, 3.63) is 23.3 Å². The molecule has 114 valence electrons. The summed E-state index contributed by atoms with van der Waals surface area (Å²) in [7, 11) is -1.46. The van der Waals surface area contributed by atoms with Crippen LogP contribution in [0.2, 0.25) is 18.6 Å². The van der Waals surface area contributed by atoms with E-state index in [4.69, 9.17) is 0 Å². The van der Waals surface area contributed by atoms with Crippen LogP contribution in [0.4, 0.5) is 0 Å². The molecule has 4 atom stereocenters. The van der Waals surface area contributed by atoms with E-state index in [1.165, 1.54) is 12.0 Å². The smallest absolute Gasteiger partial charge is 0.123 e. The van der Waals surface area contributed by atoms with Gasteiger partial charge in [-0.05, 0) is 64.3 Å². The van der Waals surface area contributed by atoms with Crippen molar-refractivity contribution in [1.82, 2.24) is 4.98 Å². The summed E-state index contributed by atoms with van der Waals surface area (Å²) in [4.78, 5) is 4.02.